The largest absolute Gasteiger partial charge is 0.462 e. The van der Waals surface area contributed by atoms with Crippen LogP contribution in [0, 0.1) is 0 Å². The summed E-state index contributed by atoms with van der Waals surface area (Å²) >= 11 is 0. The van der Waals surface area contributed by atoms with Crippen molar-refractivity contribution < 1.29 is 28.6 Å². The smallest absolute Gasteiger partial charge is 0.306 e. The summed E-state index contributed by atoms with van der Waals surface area (Å²) < 4.78 is 16.8. The Labute approximate surface area is 403 Å². The Morgan fingerprint density at radius 3 is 0.954 bits per heavy atom. The van der Waals surface area contributed by atoms with Crippen LogP contribution >= 0.6 is 0 Å². The molecule has 0 saturated carbocycles. The molecule has 0 fully saturated rings. The molecule has 0 aliphatic carbocycles. The van der Waals surface area contributed by atoms with Crippen LogP contribution in [0.5, 0.6) is 0 Å². The van der Waals surface area contributed by atoms with Crippen LogP contribution < -0.4 is 0 Å². The van der Waals surface area contributed by atoms with Crippen LogP contribution in [-0.2, 0) is 28.6 Å². The zero-order valence-electron chi connectivity index (χ0n) is 43.3. The van der Waals surface area contributed by atoms with Gasteiger partial charge in [-0.15, -0.1) is 0 Å². The van der Waals surface area contributed by atoms with E-state index in [0.29, 0.717) is 19.3 Å². The van der Waals surface area contributed by atoms with Gasteiger partial charge in [-0.2, -0.15) is 0 Å². The molecule has 0 aliphatic heterocycles. The zero-order valence-corrected chi connectivity index (χ0v) is 43.3. The van der Waals surface area contributed by atoms with Crippen molar-refractivity contribution in [1.29, 1.82) is 0 Å². The fourth-order valence-electron chi connectivity index (χ4n) is 8.10. The van der Waals surface area contributed by atoms with Gasteiger partial charge in [0, 0.05) is 19.3 Å². The molecule has 0 unspecified atom stereocenters. The molecule has 0 radical (unpaired) electrons. The van der Waals surface area contributed by atoms with Crippen molar-refractivity contribution in [3.8, 4) is 0 Å². The zero-order chi connectivity index (χ0) is 47.2. The molecule has 0 rings (SSSR count). The minimum atomic E-state index is -0.780. The number of allylic oxidation sites excluding steroid dienone is 8. The lowest BCUT2D eigenvalue weighted by atomic mass is 10.0. The second-order valence-corrected chi connectivity index (χ2v) is 18.8. The van der Waals surface area contributed by atoms with Gasteiger partial charge in [-0.1, -0.05) is 243 Å². The van der Waals surface area contributed by atoms with E-state index < -0.39 is 6.10 Å². The Hall–Kier alpha value is -2.63. The first-order chi connectivity index (χ1) is 32.0. The molecule has 0 N–H and O–H groups in total. The topological polar surface area (TPSA) is 78.9 Å². The number of rotatable bonds is 51. The number of esters is 3. The Balaban J connectivity index is 4.35. The molecular formula is C59H106O6. The van der Waals surface area contributed by atoms with Crippen molar-refractivity contribution in [3.63, 3.8) is 0 Å². The lowest BCUT2D eigenvalue weighted by Crippen LogP contribution is -2.30. The van der Waals surface area contributed by atoms with Gasteiger partial charge in [-0.25, -0.2) is 0 Å². The summed E-state index contributed by atoms with van der Waals surface area (Å²) in [5, 5.41) is 0. The minimum Gasteiger partial charge on any atom is -0.462 e. The molecule has 0 aliphatic rings. The molecule has 0 saturated heterocycles. The third-order valence-corrected chi connectivity index (χ3v) is 12.3. The number of carbonyl (C=O) groups is 3. The molecule has 0 aromatic heterocycles. The predicted molar refractivity (Wildman–Crippen MR) is 279 cm³/mol. The van der Waals surface area contributed by atoms with Crippen LogP contribution in [-0.4, -0.2) is 37.2 Å². The first-order valence-electron chi connectivity index (χ1n) is 28.1. The van der Waals surface area contributed by atoms with Gasteiger partial charge in [-0.05, 0) is 77.0 Å². The Kier molecular flexibility index (Phi) is 51.8. The molecule has 0 bridgehead atoms. The second kappa shape index (κ2) is 54.0. The number of unbranched alkanes of at least 4 members (excludes halogenated alkanes) is 32. The van der Waals surface area contributed by atoms with Crippen molar-refractivity contribution in [2.24, 2.45) is 0 Å². The Morgan fingerprint density at radius 2 is 0.600 bits per heavy atom. The highest BCUT2D eigenvalue weighted by molar-refractivity contribution is 5.71. The van der Waals surface area contributed by atoms with E-state index in [-0.39, 0.29) is 31.1 Å². The van der Waals surface area contributed by atoms with E-state index in [1.807, 2.05) is 0 Å². The van der Waals surface area contributed by atoms with Crippen molar-refractivity contribution in [3.05, 3.63) is 48.6 Å². The maximum atomic E-state index is 12.8. The summed E-state index contributed by atoms with van der Waals surface area (Å²) in [6, 6.07) is 0. The summed E-state index contributed by atoms with van der Waals surface area (Å²) in [5.74, 6) is -0.884. The Morgan fingerprint density at radius 1 is 0.323 bits per heavy atom. The normalized spacial score (nSPS) is 12.4. The van der Waals surface area contributed by atoms with E-state index in [4.69, 9.17) is 14.2 Å². The second-order valence-electron chi connectivity index (χ2n) is 18.8. The third kappa shape index (κ3) is 52.2. The predicted octanol–water partition coefficient (Wildman–Crippen LogP) is 18.7. The first kappa shape index (κ1) is 62.4. The fourth-order valence-corrected chi connectivity index (χ4v) is 8.10. The monoisotopic (exact) mass is 911 g/mol. The van der Waals surface area contributed by atoms with Crippen LogP contribution in [0.2, 0.25) is 0 Å². The maximum absolute atomic E-state index is 12.8. The number of hydrogen-bond donors (Lipinski definition) is 0. The van der Waals surface area contributed by atoms with Gasteiger partial charge in [0.25, 0.3) is 0 Å². The van der Waals surface area contributed by atoms with Gasteiger partial charge in [-0.3, -0.25) is 14.4 Å². The molecule has 0 amide bonds. The molecule has 6 heteroatoms. The van der Waals surface area contributed by atoms with Gasteiger partial charge in [0.1, 0.15) is 13.2 Å². The molecule has 0 aromatic carbocycles. The van der Waals surface area contributed by atoms with Gasteiger partial charge in [0.2, 0.25) is 0 Å². The van der Waals surface area contributed by atoms with Gasteiger partial charge < -0.3 is 14.2 Å². The van der Waals surface area contributed by atoms with Crippen molar-refractivity contribution in [2.75, 3.05) is 13.2 Å². The average Bonchev–Trinajstić information content (AvgIpc) is 3.30. The van der Waals surface area contributed by atoms with E-state index in [9.17, 15) is 14.4 Å². The van der Waals surface area contributed by atoms with Gasteiger partial charge in [0.15, 0.2) is 6.10 Å². The lowest BCUT2D eigenvalue weighted by Gasteiger charge is -2.18. The fraction of sp³-hybridized carbons (Fsp3) is 0.814. The third-order valence-electron chi connectivity index (χ3n) is 12.3. The quantitative estimate of drug-likeness (QED) is 0.0262. The van der Waals surface area contributed by atoms with Crippen LogP contribution in [0.1, 0.15) is 290 Å². The van der Waals surface area contributed by atoms with E-state index in [1.165, 1.54) is 154 Å². The van der Waals surface area contributed by atoms with E-state index >= 15 is 0 Å². The SMILES string of the molecule is CC/C=C/C/C=C/C/C=C/CCCCCCCC(=O)O[C@@H](COC(=O)CCCCCCCCCCC/C=C/CCCCCCCC)COC(=O)CCCCCCCCCCCCCCC. The average molecular weight is 911 g/mol. The molecule has 0 aromatic rings. The van der Waals surface area contributed by atoms with E-state index in [0.717, 1.165) is 96.3 Å². The molecule has 378 valence electrons. The summed E-state index contributed by atoms with van der Waals surface area (Å²) in [6.07, 6.45) is 65.3. The van der Waals surface area contributed by atoms with E-state index in [2.05, 4.69) is 69.4 Å². The van der Waals surface area contributed by atoms with Crippen molar-refractivity contribution >= 4 is 17.9 Å². The highest BCUT2D eigenvalue weighted by Gasteiger charge is 2.19. The van der Waals surface area contributed by atoms with Crippen molar-refractivity contribution in [1.82, 2.24) is 0 Å². The van der Waals surface area contributed by atoms with Crippen LogP contribution in [0.15, 0.2) is 48.6 Å². The summed E-state index contributed by atoms with van der Waals surface area (Å²) in [7, 11) is 0. The number of carbonyl (C=O) groups excluding carboxylic acids is 3. The molecule has 6 nitrogen and oxygen atoms in total. The van der Waals surface area contributed by atoms with Crippen LogP contribution in [0.4, 0.5) is 0 Å². The minimum absolute atomic E-state index is 0.0779. The Bertz CT molecular complexity index is 1140. The maximum Gasteiger partial charge on any atom is 0.306 e. The van der Waals surface area contributed by atoms with E-state index in [1.54, 1.807) is 0 Å². The van der Waals surface area contributed by atoms with Gasteiger partial charge in [0.05, 0.1) is 0 Å². The number of ether oxygens (including phenoxy) is 3. The summed E-state index contributed by atoms with van der Waals surface area (Å²) in [6.45, 7) is 6.54. The van der Waals surface area contributed by atoms with Crippen LogP contribution in [0.25, 0.3) is 0 Å². The molecule has 65 heavy (non-hydrogen) atoms. The summed E-state index contributed by atoms with van der Waals surface area (Å²) in [4.78, 5) is 38.1. The van der Waals surface area contributed by atoms with Crippen LogP contribution in [0.3, 0.4) is 0 Å². The molecule has 0 spiro atoms. The molecule has 1 atom stereocenters. The highest BCUT2D eigenvalue weighted by Crippen LogP contribution is 2.16. The standard InChI is InChI=1S/C59H106O6/c1-4-7-10-13-16-19-22-25-27-28-29-30-32-34-37-40-43-46-49-52-58(61)64-55-56(54-63-57(60)51-48-45-42-39-36-33-24-21-18-15-12-9-6-3)65-59(62)53-50-47-44-41-38-35-31-26-23-20-17-14-11-8-5-2/h8,11,17,20,25-27,31,56H,4-7,9-10,12-16,18-19,21-24,28-30,32-55H2,1-3H3/b11-8+,20-17+,27-25+,31-26+/t56-/m1/s1. The summed E-state index contributed by atoms with van der Waals surface area (Å²) in [5.41, 5.74) is 0. The lowest BCUT2D eigenvalue weighted by molar-refractivity contribution is -0.167. The molecular weight excluding hydrogens is 805 g/mol. The van der Waals surface area contributed by atoms with Crippen molar-refractivity contribution in [2.45, 2.75) is 297 Å². The number of hydrogen-bond acceptors (Lipinski definition) is 6. The highest BCUT2D eigenvalue weighted by atomic mass is 16.6. The van der Waals surface area contributed by atoms with Gasteiger partial charge >= 0.3 is 17.9 Å². The first-order valence-corrected chi connectivity index (χ1v) is 28.1. The molecule has 0 heterocycles.